The van der Waals surface area contributed by atoms with Crippen molar-refractivity contribution < 1.29 is 0 Å². The monoisotopic (exact) mass is 269 g/mol. The summed E-state index contributed by atoms with van der Waals surface area (Å²) in [4.78, 5) is 4.53. The van der Waals surface area contributed by atoms with Crippen molar-refractivity contribution in [2.45, 2.75) is 32.7 Å². The highest BCUT2D eigenvalue weighted by molar-refractivity contribution is 5.30. The van der Waals surface area contributed by atoms with Crippen molar-refractivity contribution in [3.05, 3.63) is 60.4 Å². The summed E-state index contributed by atoms with van der Waals surface area (Å²) in [6, 6.07) is 11.0. The van der Waals surface area contributed by atoms with Crippen LogP contribution in [0.25, 0.3) is 0 Å². The summed E-state index contributed by atoms with van der Waals surface area (Å²) in [7, 11) is 0. The number of imidazole rings is 1. The molecule has 1 heterocycles. The number of nitrogens with zero attached hydrogens (tertiary/aromatic N) is 2. The lowest BCUT2D eigenvalue weighted by Gasteiger charge is -2.16. The maximum absolute atomic E-state index is 4.53. The molecule has 0 aliphatic carbocycles. The topological polar surface area (TPSA) is 29.9 Å². The van der Waals surface area contributed by atoms with Gasteiger partial charge in [0, 0.05) is 18.8 Å². The second-order valence-electron chi connectivity index (χ2n) is 5.16. The number of aryl methyl sites for hydroxylation is 2. The molecule has 0 aliphatic heterocycles. The van der Waals surface area contributed by atoms with Gasteiger partial charge >= 0.3 is 0 Å². The average molecular weight is 269 g/mol. The van der Waals surface area contributed by atoms with Crippen LogP contribution in [0.1, 0.15) is 30.6 Å². The van der Waals surface area contributed by atoms with Gasteiger partial charge < -0.3 is 9.88 Å². The highest BCUT2D eigenvalue weighted by Gasteiger charge is 2.11. The predicted molar refractivity (Wildman–Crippen MR) is 85.1 cm³/mol. The number of hydrogen-bond donors (Lipinski definition) is 1. The average Bonchev–Trinajstić information content (AvgIpc) is 2.84. The molecule has 1 atom stereocenters. The summed E-state index contributed by atoms with van der Waals surface area (Å²) < 4.78 is 2.22. The van der Waals surface area contributed by atoms with Crippen LogP contribution < -0.4 is 5.32 Å². The van der Waals surface area contributed by atoms with Crippen molar-refractivity contribution in [1.82, 2.24) is 9.55 Å². The van der Waals surface area contributed by atoms with Crippen LogP contribution in [0, 0.1) is 6.92 Å². The molecule has 0 saturated heterocycles. The molecule has 106 valence electrons. The number of hydrogen-bond acceptors (Lipinski definition) is 2. The molecule has 2 rings (SSSR count). The Kier molecular flexibility index (Phi) is 4.99. The quantitative estimate of drug-likeness (QED) is 0.770. The van der Waals surface area contributed by atoms with Gasteiger partial charge in [-0.05, 0) is 32.3 Å². The van der Waals surface area contributed by atoms with Gasteiger partial charge in [0.15, 0.2) is 0 Å². The minimum absolute atomic E-state index is 0.420. The molecule has 0 saturated carbocycles. The van der Waals surface area contributed by atoms with Gasteiger partial charge in [0.05, 0.1) is 5.69 Å². The molecule has 0 radical (unpaired) electrons. The second kappa shape index (κ2) is 6.94. The Labute approximate surface area is 121 Å². The van der Waals surface area contributed by atoms with Gasteiger partial charge in [-0.2, -0.15) is 0 Å². The first-order valence-corrected chi connectivity index (χ1v) is 7.15. The normalized spacial score (nSPS) is 12.1. The summed E-state index contributed by atoms with van der Waals surface area (Å²) in [6.07, 6.45) is 6.15. The molecule has 2 aromatic rings. The van der Waals surface area contributed by atoms with Crippen LogP contribution in [0.3, 0.4) is 0 Å². The van der Waals surface area contributed by atoms with Crippen LogP contribution >= 0.6 is 0 Å². The zero-order valence-electron chi connectivity index (χ0n) is 12.3. The molecular formula is C17H23N3. The first kappa shape index (κ1) is 14.4. The first-order chi connectivity index (χ1) is 9.70. The van der Waals surface area contributed by atoms with Gasteiger partial charge in [-0.15, -0.1) is 6.58 Å². The number of aromatic nitrogens is 2. The molecule has 3 heteroatoms. The Hall–Kier alpha value is -2.03. The summed E-state index contributed by atoms with van der Waals surface area (Å²) >= 11 is 0. The Balaban J connectivity index is 2.01. The van der Waals surface area contributed by atoms with E-state index in [0.717, 1.165) is 31.0 Å². The van der Waals surface area contributed by atoms with Crippen molar-refractivity contribution in [2.75, 3.05) is 11.9 Å². The fraction of sp³-hybridized carbons (Fsp3) is 0.353. The number of rotatable bonds is 7. The minimum Gasteiger partial charge on any atom is -0.352 e. The Bertz CT molecular complexity index is 543. The third-order valence-electron chi connectivity index (χ3n) is 3.43. The van der Waals surface area contributed by atoms with Gasteiger partial charge in [-0.25, -0.2) is 4.98 Å². The zero-order valence-corrected chi connectivity index (χ0v) is 12.3. The highest BCUT2D eigenvalue weighted by Crippen LogP contribution is 2.20. The lowest BCUT2D eigenvalue weighted by molar-refractivity contribution is 0.511. The van der Waals surface area contributed by atoms with E-state index in [2.05, 4.69) is 64.9 Å². The minimum atomic E-state index is 0.420. The summed E-state index contributed by atoms with van der Waals surface area (Å²) in [5.74, 6) is 0.933. The van der Waals surface area contributed by atoms with Crippen LogP contribution in [0.4, 0.5) is 5.95 Å². The molecule has 0 spiro atoms. The van der Waals surface area contributed by atoms with Crippen LogP contribution in [0.15, 0.2) is 49.2 Å². The van der Waals surface area contributed by atoms with Crippen LogP contribution in [0.5, 0.6) is 0 Å². The van der Waals surface area contributed by atoms with E-state index in [1.165, 1.54) is 5.56 Å². The SMILES string of the molecule is C=CCNc1nc(C)cn1C(C)CCc1ccccc1. The Morgan fingerprint density at radius 1 is 1.35 bits per heavy atom. The van der Waals surface area contributed by atoms with E-state index >= 15 is 0 Å². The van der Waals surface area contributed by atoms with Gasteiger partial charge in [-0.1, -0.05) is 36.4 Å². The molecule has 0 aliphatic rings. The van der Waals surface area contributed by atoms with E-state index in [4.69, 9.17) is 0 Å². The fourth-order valence-electron chi connectivity index (χ4n) is 2.31. The third kappa shape index (κ3) is 3.73. The van der Waals surface area contributed by atoms with Gasteiger partial charge in [0.1, 0.15) is 0 Å². The number of benzene rings is 1. The molecule has 3 nitrogen and oxygen atoms in total. The molecule has 1 aromatic heterocycles. The first-order valence-electron chi connectivity index (χ1n) is 7.15. The molecule has 1 aromatic carbocycles. The van der Waals surface area contributed by atoms with Crippen molar-refractivity contribution in [3.8, 4) is 0 Å². The largest absolute Gasteiger partial charge is 0.352 e. The smallest absolute Gasteiger partial charge is 0.203 e. The summed E-state index contributed by atoms with van der Waals surface area (Å²) in [5.41, 5.74) is 2.43. The van der Waals surface area contributed by atoms with Crippen LogP contribution in [-0.2, 0) is 6.42 Å². The molecule has 0 amide bonds. The second-order valence-corrected chi connectivity index (χ2v) is 5.16. The molecule has 0 bridgehead atoms. The van der Waals surface area contributed by atoms with E-state index in [9.17, 15) is 0 Å². The molecule has 0 fully saturated rings. The predicted octanol–water partition coefficient (Wildman–Crippen LogP) is 3.98. The maximum Gasteiger partial charge on any atom is 0.203 e. The van der Waals surface area contributed by atoms with E-state index in [1.807, 2.05) is 13.0 Å². The zero-order chi connectivity index (χ0) is 14.4. The van der Waals surface area contributed by atoms with E-state index in [0.29, 0.717) is 6.04 Å². The van der Waals surface area contributed by atoms with E-state index in [1.54, 1.807) is 0 Å². The van der Waals surface area contributed by atoms with Gasteiger partial charge in [-0.3, -0.25) is 0 Å². The molecule has 1 N–H and O–H groups in total. The van der Waals surface area contributed by atoms with Crippen molar-refractivity contribution in [1.29, 1.82) is 0 Å². The lowest BCUT2D eigenvalue weighted by Crippen LogP contribution is -2.11. The third-order valence-corrected chi connectivity index (χ3v) is 3.43. The van der Waals surface area contributed by atoms with Gasteiger partial charge in [0.2, 0.25) is 5.95 Å². The molecule has 20 heavy (non-hydrogen) atoms. The number of anilines is 1. The van der Waals surface area contributed by atoms with Crippen LogP contribution in [-0.4, -0.2) is 16.1 Å². The standard InChI is InChI=1S/C17H23N3/c1-4-12-18-17-19-14(2)13-20(17)15(3)10-11-16-8-6-5-7-9-16/h4-9,13,15H,1,10-12H2,2-3H3,(H,18,19). The van der Waals surface area contributed by atoms with E-state index < -0.39 is 0 Å². The Morgan fingerprint density at radius 3 is 2.80 bits per heavy atom. The van der Waals surface area contributed by atoms with Crippen molar-refractivity contribution in [3.63, 3.8) is 0 Å². The molecule has 1 unspecified atom stereocenters. The lowest BCUT2D eigenvalue weighted by atomic mass is 10.1. The fourth-order valence-corrected chi connectivity index (χ4v) is 2.31. The summed E-state index contributed by atoms with van der Waals surface area (Å²) in [5, 5.41) is 3.30. The Morgan fingerprint density at radius 2 is 2.10 bits per heavy atom. The summed E-state index contributed by atoms with van der Waals surface area (Å²) in [6.45, 7) is 8.74. The number of nitrogens with one attached hydrogen (secondary N) is 1. The van der Waals surface area contributed by atoms with Crippen molar-refractivity contribution in [2.24, 2.45) is 0 Å². The van der Waals surface area contributed by atoms with Crippen molar-refractivity contribution >= 4 is 5.95 Å². The highest BCUT2D eigenvalue weighted by atomic mass is 15.2. The molecular weight excluding hydrogens is 246 g/mol. The van der Waals surface area contributed by atoms with E-state index in [-0.39, 0.29) is 0 Å². The maximum atomic E-state index is 4.53. The van der Waals surface area contributed by atoms with Gasteiger partial charge in [0.25, 0.3) is 0 Å². The van der Waals surface area contributed by atoms with Crippen LogP contribution in [0.2, 0.25) is 0 Å².